The van der Waals surface area contributed by atoms with Gasteiger partial charge in [0.2, 0.25) is 0 Å². The van der Waals surface area contributed by atoms with Crippen LogP contribution in [0.2, 0.25) is 0 Å². The highest BCUT2D eigenvalue weighted by Gasteiger charge is 2.34. The molecule has 18 heavy (non-hydrogen) atoms. The number of alkyl halides is 3. The molecule has 0 radical (unpaired) electrons. The summed E-state index contributed by atoms with van der Waals surface area (Å²) >= 11 is 0. The van der Waals surface area contributed by atoms with E-state index >= 15 is 0 Å². The van der Waals surface area contributed by atoms with Gasteiger partial charge >= 0.3 is 6.18 Å². The third-order valence-corrected chi connectivity index (χ3v) is 2.76. The zero-order valence-corrected chi connectivity index (χ0v) is 10.6. The number of hydrogen-bond acceptors (Lipinski definition) is 1. The van der Waals surface area contributed by atoms with Gasteiger partial charge in [-0.2, -0.15) is 13.2 Å². The highest BCUT2D eigenvalue weighted by molar-refractivity contribution is 5.28. The number of benzene rings is 1. The molecule has 102 valence electrons. The number of hydrogen-bond donors (Lipinski definition) is 1. The molecular weight excluding hydrogens is 246 g/mol. The molecule has 1 N–H and O–H groups in total. The molecule has 0 spiro atoms. The summed E-state index contributed by atoms with van der Waals surface area (Å²) in [5, 5.41) is 2.99. The molecule has 0 aliphatic heterocycles. The average molecular weight is 263 g/mol. The van der Waals surface area contributed by atoms with Crippen LogP contribution in [0.3, 0.4) is 0 Å². The van der Waals surface area contributed by atoms with Gasteiger partial charge in [-0.15, -0.1) is 0 Å². The maximum Gasteiger partial charge on any atom is 0.419 e. The molecule has 0 aliphatic carbocycles. The van der Waals surface area contributed by atoms with Crippen LogP contribution in [0.5, 0.6) is 0 Å². The lowest BCUT2D eigenvalue weighted by atomic mass is 9.96. The second-order valence-electron chi connectivity index (χ2n) is 4.71. The maximum absolute atomic E-state index is 13.4. The smallest absolute Gasteiger partial charge is 0.313 e. The molecule has 1 unspecified atom stereocenters. The van der Waals surface area contributed by atoms with Crippen LogP contribution in [0.25, 0.3) is 0 Å². The lowest BCUT2D eigenvalue weighted by Crippen LogP contribution is -2.19. The zero-order valence-electron chi connectivity index (χ0n) is 10.6. The first kappa shape index (κ1) is 15.0. The van der Waals surface area contributed by atoms with Crippen molar-refractivity contribution in [3.05, 3.63) is 35.1 Å². The molecule has 5 heteroatoms. The minimum atomic E-state index is -4.64. The molecule has 1 aromatic rings. The first-order chi connectivity index (χ1) is 8.25. The predicted molar refractivity (Wildman–Crippen MR) is 62.7 cm³/mol. The summed E-state index contributed by atoms with van der Waals surface area (Å²) in [6.45, 7) is 4.01. The molecule has 0 aromatic heterocycles. The first-order valence-electron chi connectivity index (χ1n) is 5.79. The minimum Gasteiger partial charge on any atom is -0.313 e. The van der Waals surface area contributed by atoms with Gasteiger partial charge in [0.15, 0.2) is 0 Å². The molecule has 0 amide bonds. The van der Waals surface area contributed by atoms with Gasteiger partial charge < -0.3 is 5.32 Å². The topological polar surface area (TPSA) is 12.0 Å². The van der Waals surface area contributed by atoms with E-state index in [4.69, 9.17) is 0 Å². The summed E-state index contributed by atoms with van der Waals surface area (Å²) < 4.78 is 50.7. The molecule has 0 saturated heterocycles. The van der Waals surface area contributed by atoms with Crippen LogP contribution in [0, 0.1) is 11.7 Å². The van der Waals surface area contributed by atoms with E-state index in [0.717, 1.165) is 18.6 Å². The van der Waals surface area contributed by atoms with Crippen molar-refractivity contribution in [2.75, 3.05) is 7.05 Å². The van der Waals surface area contributed by atoms with E-state index in [1.165, 1.54) is 6.07 Å². The second kappa shape index (κ2) is 5.69. The third kappa shape index (κ3) is 3.70. The van der Waals surface area contributed by atoms with Gasteiger partial charge in [-0.3, -0.25) is 0 Å². The van der Waals surface area contributed by atoms with E-state index < -0.39 is 17.6 Å². The van der Waals surface area contributed by atoms with Crippen molar-refractivity contribution in [2.45, 2.75) is 32.5 Å². The van der Waals surface area contributed by atoms with Crippen molar-refractivity contribution in [3.8, 4) is 0 Å². The maximum atomic E-state index is 13.4. The van der Waals surface area contributed by atoms with Gasteiger partial charge in [0, 0.05) is 6.04 Å². The largest absolute Gasteiger partial charge is 0.419 e. The first-order valence-corrected chi connectivity index (χ1v) is 5.79. The minimum absolute atomic E-state index is 0.137. The average Bonchev–Trinajstić information content (AvgIpc) is 2.23. The Morgan fingerprint density at radius 1 is 1.22 bits per heavy atom. The summed E-state index contributed by atoms with van der Waals surface area (Å²) in [6, 6.07) is 2.96. The van der Waals surface area contributed by atoms with Crippen molar-refractivity contribution >= 4 is 0 Å². The van der Waals surface area contributed by atoms with Crippen LogP contribution in [-0.4, -0.2) is 7.05 Å². The fourth-order valence-electron chi connectivity index (χ4n) is 1.87. The van der Waals surface area contributed by atoms with Gasteiger partial charge in [0.25, 0.3) is 0 Å². The summed E-state index contributed by atoms with van der Waals surface area (Å²) in [4.78, 5) is 0. The molecule has 0 fully saturated rings. The molecular formula is C13H17F4N. The van der Waals surface area contributed by atoms with Crippen LogP contribution < -0.4 is 5.32 Å². The van der Waals surface area contributed by atoms with Gasteiger partial charge in [-0.05, 0) is 37.1 Å². The van der Waals surface area contributed by atoms with Gasteiger partial charge in [-0.1, -0.05) is 19.9 Å². The van der Waals surface area contributed by atoms with Crippen LogP contribution in [0.4, 0.5) is 17.6 Å². The highest BCUT2D eigenvalue weighted by atomic mass is 19.4. The molecule has 1 aromatic carbocycles. The lowest BCUT2D eigenvalue weighted by Gasteiger charge is -2.19. The van der Waals surface area contributed by atoms with Gasteiger partial charge in [-0.25, -0.2) is 4.39 Å². The highest BCUT2D eigenvalue weighted by Crippen LogP contribution is 2.33. The quantitative estimate of drug-likeness (QED) is 0.805. The van der Waals surface area contributed by atoms with Crippen molar-refractivity contribution < 1.29 is 17.6 Å². The lowest BCUT2D eigenvalue weighted by molar-refractivity contribution is -0.140. The van der Waals surface area contributed by atoms with Crippen molar-refractivity contribution in [3.63, 3.8) is 0 Å². The van der Waals surface area contributed by atoms with Crippen LogP contribution in [-0.2, 0) is 6.18 Å². The van der Waals surface area contributed by atoms with Gasteiger partial charge in [0.05, 0.1) is 5.56 Å². The summed E-state index contributed by atoms with van der Waals surface area (Å²) in [5.74, 6) is -0.850. The molecule has 0 heterocycles. The Bertz CT molecular complexity index is 398. The van der Waals surface area contributed by atoms with Crippen molar-refractivity contribution in [2.24, 2.45) is 5.92 Å². The Kier molecular flexibility index (Phi) is 4.73. The molecule has 0 aliphatic rings. The normalized spacial score (nSPS) is 14.0. The Morgan fingerprint density at radius 2 is 1.83 bits per heavy atom. The molecule has 1 rings (SSSR count). The predicted octanol–water partition coefficient (Wildman–Crippen LogP) is 4.15. The van der Waals surface area contributed by atoms with E-state index in [-0.39, 0.29) is 6.04 Å². The van der Waals surface area contributed by atoms with Crippen LogP contribution in [0.1, 0.15) is 37.4 Å². The van der Waals surface area contributed by atoms with Gasteiger partial charge in [0.1, 0.15) is 5.82 Å². The number of rotatable bonds is 4. The van der Waals surface area contributed by atoms with E-state index in [1.807, 2.05) is 13.8 Å². The van der Waals surface area contributed by atoms with E-state index in [0.29, 0.717) is 11.5 Å². The molecule has 1 atom stereocenters. The van der Waals surface area contributed by atoms with Crippen molar-refractivity contribution in [1.82, 2.24) is 5.32 Å². The second-order valence-corrected chi connectivity index (χ2v) is 4.71. The van der Waals surface area contributed by atoms with E-state index in [2.05, 4.69) is 5.32 Å². The molecule has 0 bridgehead atoms. The zero-order chi connectivity index (χ0) is 13.9. The Hall–Kier alpha value is -1.10. The van der Waals surface area contributed by atoms with E-state index in [9.17, 15) is 17.6 Å². The Labute approximate surface area is 104 Å². The Morgan fingerprint density at radius 3 is 2.22 bits per heavy atom. The number of nitrogens with one attached hydrogen (secondary N) is 1. The molecule has 1 nitrogen and oxygen atoms in total. The fourth-order valence-corrected chi connectivity index (χ4v) is 1.87. The summed E-state index contributed by atoms with van der Waals surface area (Å²) in [6.07, 6.45) is -3.91. The molecule has 0 saturated carbocycles. The van der Waals surface area contributed by atoms with Crippen molar-refractivity contribution in [1.29, 1.82) is 0 Å². The Balaban J connectivity index is 3.02. The number of halogens is 4. The summed E-state index contributed by atoms with van der Waals surface area (Å²) in [7, 11) is 1.71. The fraction of sp³-hybridized carbons (Fsp3) is 0.538. The van der Waals surface area contributed by atoms with Crippen LogP contribution >= 0.6 is 0 Å². The third-order valence-electron chi connectivity index (χ3n) is 2.76. The van der Waals surface area contributed by atoms with Crippen LogP contribution in [0.15, 0.2) is 18.2 Å². The summed E-state index contributed by atoms with van der Waals surface area (Å²) in [5.41, 5.74) is -0.678. The monoisotopic (exact) mass is 263 g/mol. The standard InChI is InChI=1S/C13H17F4N/c1-8(2)6-12(18-3)9-4-5-10(11(14)7-9)13(15,16)17/h4-5,7-8,12,18H,6H2,1-3H3. The van der Waals surface area contributed by atoms with E-state index in [1.54, 1.807) is 7.05 Å². The SMILES string of the molecule is CNC(CC(C)C)c1ccc(C(F)(F)F)c(F)c1.